The van der Waals surface area contributed by atoms with Gasteiger partial charge >= 0.3 is 5.97 Å². The average molecular weight is 180 g/mol. The van der Waals surface area contributed by atoms with Crippen molar-refractivity contribution < 1.29 is 9.53 Å². The quantitative estimate of drug-likeness (QED) is 0.678. The topological polar surface area (TPSA) is 65.2 Å². The molecular formula is C9H12N2O2. The maximum Gasteiger partial charge on any atom is 0.339 e. The summed E-state index contributed by atoms with van der Waals surface area (Å²) in [5.74, 6) is -0.392. The molecule has 0 bridgehead atoms. The second-order valence-corrected chi connectivity index (χ2v) is 2.70. The lowest BCUT2D eigenvalue weighted by Gasteiger charge is -2.05. The Morgan fingerprint density at radius 3 is 2.92 bits per heavy atom. The third-order valence-electron chi connectivity index (χ3n) is 1.71. The van der Waals surface area contributed by atoms with Gasteiger partial charge in [0.15, 0.2) is 0 Å². The number of carbonyl (C=O) groups excluding carboxylic acids is 1. The minimum atomic E-state index is -0.392. The molecule has 0 atom stereocenters. The van der Waals surface area contributed by atoms with Crippen LogP contribution in [0.15, 0.2) is 12.3 Å². The molecule has 0 unspecified atom stereocenters. The molecule has 1 rings (SSSR count). The highest BCUT2D eigenvalue weighted by atomic mass is 16.5. The van der Waals surface area contributed by atoms with Gasteiger partial charge < -0.3 is 10.5 Å². The first-order valence-corrected chi connectivity index (χ1v) is 3.93. The summed E-state index contributed by atoms with van der Waals surface area (Å²) in [5.41, 5.74) is 7.35. The smallest absolute Gasteiger partial charge is 0.339 e. The number of carbonyl (C=O) groups is 1. The molecule has 0 aliphatic rings. The van der Waals surface area contributed by atoms with Gasteiger partial charge in [-0.3, -0.25) is 4.98 Å². The molecule has 0 saturated heterocycles. The molecule has 1 aromatic heterocycles. The Morgan fingerprint density at radius 1 is 1.69 bits per heavy atom. The molecule has 13 heavy (non-hydrogen) atoms. The van der Waals surface area contributed by atoms with Crippen LogP contribution in [-0.2, 0) is 11.3 Å². The molecule has 4 nitrogen and oxygen atoms in total. The predicted molar refractivity (Wildman–Crippen MR) is 48.2 cm³/mol. The van der Waals surface area contributed by atoms with Crippen LogP contribution in [0.2, 0.25) is 0 Å². The van der Waals surface area contributed by atoms with Crippen molar-refractivity contribution in [2.45, 2.75) is 13.5 Å². The van der Waals surface area contributed by atoms with Crippen molar-refractivity contribution in [2.75, 3.05) is 7.11 Å². The molecule has 0 radical (unpaired) electrons. The van der Waals surface area contributed by atoms with Gasteiger partial charge in [0.05, 0.1) is 18.4 Å². The zero-order valence-electron chi connectivity index (χ0n) is 7.70. The third kappa shape index (κ3) is 2.03. The molecule has 0 aromatic carbocycles. The Hall–Kier alpha value is -1.42. The molecule has 0 aliphatic carbocycles. The largest absolute Gasteiger partial charge is 0.465 e. The lowest BCUT2D eigenvalue weighted by atomic mass is 10.1. The molecule has 0 fully saturated rings. The Balaban J connectivity index is 3.15. The first-order chi connectivity index (χ1) is 6.19. The minimum absolute atomic E-state index is 0.241. The fraction of sp³-hybridized carbons (Fsp3) is 0.333. The molecular weight excluding hydrogens is 168 g/mol. The molecule has 4 heteroatoms. The third-order valence-corrected chi connectivity index (χ3v) is 1.71. The van der Waals surface area contributed by atoms with Crippen LogP contribution < -0.4 is 5.73 Å². The van der Waals surface area contributed by atoms with Crippen LogP contribution in [-0.4, -0.2) is 18.1 Å². The summed E-state index contributed by atoms with van der Waals surface area (Å²) in [6, 6.07) is 1.72. The van der Waals surface area contributed by atoms with E-state index in [9.17, 15) is 4.79 Å². The van der Waals surface area contributed by atoms with Crippen LogP contribution in [0.5, 0.6) is 0 Å². The van der Waals surface area contributed by atoms with E-state index in [0.29, 0.717) is 11.3 Å². The van der Waals surface area contributed by atoms with Crippen molar-refractivity contribution in [2.24, 2.45) is 5.73 Å². The van der Waals surface area contributed by atoms with Crippen LogP contribution in [0.3, 0.4) is 0 Å². The van der Waals surface area contributed by atoms with Gasteiger partial charge in [-0.15, -0.1) is 0 Å². The van der Waals surface area contributed by atoms with E-state index in [0.717, 1.165) is 5.56 Å². The van der Waals surface area contributed by atoms with E-state index < -0.39 is 5.97 Å². The van der Waals surface area contributed by atoms with Gasteiger partial charge in [0.2, 0.25) is 0 Å². The summed E-state index contributed by atoms with van der Waals surface area (Å²) < 4.78 is 4.60. The molecule has 0 amide bonds. The van der Waals surface area contributed by atoms with E-state index >= 15 is 0 Å². The fourth-order valence-electron chi connectivity index (χ4n) is 1.05. The lowest BCUT2D eigenvalue weighted by Crippen LogP contribution is -2.11. The highest BCUT2D eigenvalue weighted by Gasteiger charge is 2.11. The van der Waals surface area contributed by atoms with E-state index in [4.69, 9.17) is 5.73 Å². The lowest BCUT2D eigenvalue weighted by molar-refractivity contribution is 0.0598. The van der Waals surface area contributed by atoms with Crippen LogP contribution in [0.25, 0.3) is 0 Å². The number of aromatic nitrogens is 1. The Kier molecular flexibility index (Phi) is 2.97. The number of nitrogens with two attached hydrogens (primary N) is 1. The minimum Gasteiger partial charge on any atom is -0.465 e. The number of aryl methyl sites for hydroxylation is 1. The van der Waals surface area contributed by atoms with Crippen molar-refractivity contribution in [3.05, 3.63) is 29.1 Å². The molecule has 0 spiro atoms. The number of nitrogens with zero attached hydrogens (tertiary/aromatic N) is 1. The molecule has 70 valence electrons. The maximum absolute atomic E-state index is 11.2. The van der Waals surface area contributed by atoms with E-state index in [2.05, 4.69) is 9.72 Å². The van der Waals surface area contributed by atoms with Crippen molar-refractivity contribution in [3.8, 4) is 0 Å². The van der Waals surface area contributed by atoms with Gasteiger partial charge in [-0.1, -0.05) is 0 Å². The van der Waals surface area contributed by atoms with Gasteiger partial charge in [-0.25, -0.2) is 4.79 Å². The number of pyridine rings is 1. The van der Waals surface area contributed by atoms with Gasteiger partial charge in [0.25, 0.3) is 0 Å². The summed E-state index contributed by atoms with van der Waals surface area (Å²) >= 11 is 0. The van der Waals surface area contributed by atoms with E-state index in [1.807, 2.05) is 6.92 Å². The summed E-state index contributed by atoms with van der Waals surface area (Å²) in [6.07, 6.45) is 1.68. The SMILES string of the molecule is COC(=O)c1cc(C)cnc1CN. The summed E-state index contributed by atoms with van der Waals surface area (Å²) in [5, 5.41) is 0. The monoisotopic (exact) mass is 180 g/mol. The predicted octanol–water partition coefficient (Wildman–Crippen LogP) is 0.635. The van der Waals surface area contributed by atoms with Crippen LogP contribution >= 0.6 is 0 Å². The van der Waals surface area contributed by atoms with Crippen molar-refractivity contribution in [1.82, 2.24) is 4.98 Å². The number of hydrogen-bond acceptors (Lipinski definition) is 4. The van der Waals surface area contributed by atoms with Crippen molar-refractivity contribution in [1.29, 1.82) is 0 Å². The number of hydrogen-bond donors (Lipinski definition) is 1. The number of ether oxygens (including phenoxy) is 1. The van der Waals surface area contributed by atoms with Crippen LogP contribution in [0.4, 0.5) is 0 Å². The van der Waals surface area contributed by atoms with Crippen LogP contribution in [0, 0.1) is 6.92 Å². The average Bonchev–Trinajstić information content (AvgIpc) is 2.16. The van der Waals surface area contributed by atoms with E-state index in [-0.39, 0.29) is 6.54 Å². The first kappa shape index (κ1) is 9.67. The molecule has 0 saturated carbocycles. The zero-order chi connectivity index (χ0) is 9.84. The second-order valence-electron chi connectivity index (χ2n) is 2.70. The van der Waals surface area contributed by atoms with E-state index in [1.54, 1.807) is 12.3 Å². The van der Waals surface area contributed by atoms with E-state index in [1.165, 1.54) is 7.11 Å². The summed E-state index contributed by atoms with van der Waals surface area (Å²) in [6.45, 7) is 2.10. The standard InChI is InChI=1S/C9H12N2O2/c1-6-3-7(9(12)13-2)8(4-10)11-5-6/h3,5H,4,10H2,1-2H3. The van der Waals surface area contributed by atoms with Gasteiger partial charge in [-0.05, 0) is 18.6 Å². The van der Waals surface area contributed by atoms with Gasteiger partial charge in [0, 0.05) is 12.7 Å². The highest BCUT2D eigenvalue weighted by Crippen LogP contribution is 2.08. The number of methoxy groups -OCH3 is 1. The van der Waals surface area contributed by atoms with Gasteiger partial charge in [0.1, 0.15) is 0 Å². The number of rotatable bonds is 2. The molecule has 0 aliphatic heterocycles. The Morgan fingerprint density at radius 2 is 2.38 bits per heavy atom. The summed E-state index contributed by atoms with van der Waals surface area (Å²) in [7, 11) is 1.34. The van der Waals surface area contributed by atoms with Crippen LogP contribution in [0.1, 0.15) is 21.6 Å². The highest BCUT2D eigenvalue weighted by molar-refractivity contribution is 5.90. The summed E-state index contributed by atoms with van der Waals surface area (Å²) in [4.78, 5) is 15.3. The van der Waals surface area contributed by atoms with Gasteiger partial charge in [-0.2, -0.15) is 0 Å². The number of esters is 1. The maximum atomic E-state index is 11.2. The van der Waals surface area contributed by atoms with Crippen molar-refractivity contribution in [3.63, 3.8) is 0 Å². The molecule has 2 N–H and O–H groups in total. The first-order valence-electron chi connectivity index (χ1n) is 3.93. The Bertz CT molecular complexity index is 323. The molecule has 1 aromatic rings. The normalized spacial score (nSPS) is 9.77. The second kappa shape index (κ2) is 4.00. The molecule has 1 heterocycles. The van der Waals surface area contributed by atoms with Crippen molar-refractivity contribution >= 4 is 5.97 Å². The fourth-order valence-corrected chi connectivity index (χ4v) is 1.05. The Labute approximate surface area is 76.7 Å². The zero-order valence-corrected chi connectivity index (χ0v) is 7.70.